The molecular formula is C14H10INO4. The number of carbonyl (C=O) groups is 2. The van der Waals surface area contributed by atoms with E-state index >= 15 is 0 Å². The van der Waals surface area contributed by atoms with E-state index in [4.69, 9.17) is 9.84 Å². The van der Waals surface area contributed by atoms with Gasteiger partial charge in [0, 0.05) is 6.92 Å². The molecule has 0 amide bonds. The molecule has 1 aromatic heterocycles. The van der Waals surface area contributed by atoms with Crippen molar-refractivity contribution in [2.75, 3.05) is 0 Å². The highest BCUT2D eigenvalue weighted by atomic mass is 127. The van der Waals surface area contributed by atoms with Gasteiger partial charge in [-0.2, -0.15) is 0 Å². The minimum atomic E-state index is -1.02. The number of rotatable bonds is 4. The summed E-state index contributed by atoms with van der Waals surface area (Å²) in [4.78, 5) is 26.0. The summed E-state index contributed by atoms with van der Waals surface area (Å²) in [5, 5.41) is 8.96. The Bertz CT molecular complexity index is 667. The molecule has 0 unspecified atom stereocenters. The van der Waals surface area contributed by atoms with E-state index in [2.05, 4.69) is 27.6 Å². The second-order valence-electron chi connectivity index (χ2n) is 3.99. The number of carboxylic acid groups (broad SMARTS) is 1. The number of aromatic carboxylic acids is 1. The van der Waals surface area contributed by atoms with Gasteiger partial charge in [0.05, 0.1) is 15.3 Å². The topological polar surface area (TPSA) is 76.5 Å². The zero-order valence-corrected chi connectivity index (χ0v) is 12.6. The van der Waals surface area contributed by atoms with Crippen LogP contribution in [0.4, 0.5) is 0 Å². The first-order valence-corrected chi connectivity index (χ1v) is 6.73. The first kappa shape index (κ1) is 14.4. The molecule has 2 aromatic rings. The van der Waals surface area contributed by atoms with Crippen molar-refractivity contribution in [3.05, 3.63) is 51.4 Å². The van der Waals surface area contributed by atoms with Gasteiger partial charge in [0.15, 0.2) is 5.78 Å². The van der Waals surface area contributed by atoms with Crippen molar-refractivity contribution in [3.8, 4) is 11.5 Å². The standard InChI is InChI=1S/C14H10INO4/c1-8(17)12-5-3-10(7-16-12)20-13-6-9(14(18)19)2-4-11(13)15/h2-7H,1H3,(H,18,19). The van der Waals surface area contributed by atoms with Crippen LogP contribution in [0.2, 0.25) is 0 Å². The normalized spacial score (nSPS) is 10.1. The third kappa shape index (κ3) is 3.32. The first-order chi connectivity index (χ1) is 9.47. The van der Waals surface area contributed by atoms with Crippen molar-refractivity contribution in [2.24, 2.45) is 0 Å². The number of ketones is 1. The highest BCUT2D eigenvalue weighted by Crippen LogP contribution is 2.27. The fourth-order valence-electron chi connectivity index (χ4n) is 1.49. The molecular weight excluding hydrogens is 373 g/mol. The molecule has 5 nitrogen and oxygen atoms in total. The maximum Gasteiger partial charge on any atom is 0.335 e. The average molecular weight is 383 g/mol. The fourth-order valence-corrected chi connectivity index (χ4v) is 1.94. The number of hydrogen-bond acceptors (Lipinski definition) is 4. The van der Waals surface area contributed by atoms with Gasteiger partial charge in [-0.25, -0.2) is 9.78 Å². The number of hydrogen-bond donors (Lipinski definition) is 1. The Morgan fingerprint density at radius 2 is 2.00 bits per heavy atom. The van der Waals surface area contributed by atoms with E-state index in [0.29, 0.717) is 17.2 Å². The average Bonchev–Trinajstić information content (AvgIpc) is 2.41. The largest absolute Gasteiger partial charge is 0.478 e. The number of nitrogens with zero attached hydrogens (tertiary/aromatic N) is 1. The Morgan fingerprint density at radius 3 is 2.55 bits per heavy atom. The number of ether oxygens (including phenoxy) is 1. The third-order valence-electron chi connectivity index (χ3n) is 2.50. The number of carbonyl (C=O) groups excluding carboxylic acids is 1. The summed E-state index contributed by atoms with van der Waals surface area (Å²) in [7, 11) is 0. The van der Waals surface area contributed by atoms with E-state index in [1.54, 1.807) is 18.2 Å². The number of carboxylic acids is 1. The predicted molar refractivity (Wildman–Crippen MR) is 80.4 cm³/mol. The fraction of sp³-hybridized carbons (Fsp3) is 0.0714. The Morgan fingerprint density at radius 1 is 1.25 bits per heavy atom. The molecule has 0 radical (unpaired) electrons. The van der Waals surface area contributed by atoms with Crippen LogP contribution in [0.5, 0.6) is 11.5 Å². The number of benzene rings is 1. The van der Waals surface area contributed by atoms with E-state index < -0.39 is 5.97 Å². The Balaban J connectivity index is 2.27. The minimum absolute atomic E-state index is 0.126. The van der Waals surface area contributed by atoms with Gasteiger partial charge >= 0.3 is 5.97 Å². The minimum Gasteiger partial charge on any atom is -0.478 e. The third-order valence-corrected chi connectivity index (χ3v) is 3.39. The van der Waals surface area contributed by atoms with Gasteiger partial charge in [0.2, 0.25) is 0 Å². The summed E-state index contributed by atoms with van der Waals surface area (Å²) in [6.45, 7) is 1.43. The molecule has 20 heavy (non-hydrogen) atoms. The molecule has 0 aliphatic heterocycles. The second-order valence-corrected chi connectivity index (χ2v) is 5.15. The SMILES string of the molecule is CC(=O)c1ccc(Oc2cc(C(=O)O)ccc2I)cn1. The molecule has 0 aliphatic rings. The van der Waals surface area contributed by atoms with Crippen molar-refractivity contribution in [1.82, 2.24) is 4.98 Å². The van der Waals surface area contributed by atoms with Crippen LogP contribution in [-0.4, -0.2) is 21.8 Å². The van der Waals surface area contributed by atoms with Crippen molar-refractivity contribution >= 4 is 34.3 Å². The number of halogens is 1. The van der Waals surface area contributed by atoms with Crippen LogP contribution in [0.25, 0.3) is 0 Å². The van der Waals surface area contributed by atoms with Gasteiger partial charge in [0.25, 0.3) is 0 Å². The van der Waals surface area contributed by atoms with Crippen LogP contribution in [-0.2, 0) is 0 Å². The van der Waals surface area contributed by atoms with Crippen molar-refractivity contribution < 1.29 is 19.4 Å². The van der Waals surface area contributed by atoms with Crippen LogP contribution in [0.3, 0.4) is 0 Å². The molecule has 0 bridgehead atoms. The predicted octanol–water partition coefficient (Wildman–Crippen LogP) is 3.38. The smallest absolute Gasteiger partial charge is 0.335 e. The number of aromatic nitrogens is 1. The van der Waals surface area contributed by atoms with Crippen LogP contribution in [0.15, 0.2) is 36.5 Å². The molecule has 1 aromatic carbocycles. The quantitative estimate of drug-likeness (QED) is 0.647. The van der Waals surface area contributed by atoms with Crippen LogP contribution < -0.4 is 4.74 Å². The van der Waals surface area contributed by atoms with Crippen molar-refractivity contribution in [1.29, 1.82) is 0 Å². The van der Waals surface area contributed by atoms with Gasteiger partial charge in [-0.15, -0.1) is 0 Å². The number of pyridine rings is 1. The molecule has 0 fully saturated rings. The van der Waals surface area contributed by atoms with Gasteiger partial charge < -0.3 is 9.84 Å². The molecule has 1 N–H and O–H groups in total. The zero-order chi connectivity index (χ0) is 14.7. The summed E-state index contributed by atoms with van der Waals surface area (Å²) in [6, 6.07) is 7.80. The lowest BCUT2D eigenvalue weighted by atomic mass is 10.2. The van der Waals surface area contributed by atoms with Crippen LogP contribution in [0.1, 0.15) is 27.8 Å². The lowest BCUT2D eigenvalue weighted by Crippen LogP contribution is -1.99. The van der Waals surface area contributed by atoms with E-state index in [1.807, 2.05) is 0 Å². The summed E-state index contributed by atoms with van der Waals surface area (Å²) in [5.74, 6) is -0.270. The Labute approximate surface area is 128 Å². The second kappa shape index (κ2) is 6.00. The molecule has 0 saturated heterocycles. The first-order valence-electron chi connectivity index (χ1n) is 5.65. The van der Waals surface area contributed by atoms with E-state index in [-0.39, 0.29) is 11.3 Å². The van der Waals surface area contributed by atoms with Gasteiger partial charge in [0.1, 0.15) is 17.2 Å². The maximum absolute atomic E-state index is 11.1. The Hall–Kier alpha value is -1.96. The van der Waals surface area contributed by atoms with Crippen LogP contribution in [0, 0.1) is 3.57 Å². The summed E-state index contributed by atoms with van der Waals surface area (Å²) < 4.78 is 6.37. The molecule has 0 saturated carbocycles. The number of Topliss-reactive ketones (excluding diaryl/α,β-unsaturated/α-hetero) is 1. The molecule has 1 heterocycles. The molecule has 0 atom stereocenters. The monoisotopic (exact) mass is 383 g/mol. The molecule has 0 aliphatic carbocycles. The molecule has 0 spiro atoms. The lowest BCUT2D eigenvalue weighted by Gasteiger charge is -2.08. The van der Waals surface area contributed by atoms with Gasteiger partial charge in [-0.1, -0.05) is 0 Å². The highest BCUT2D eigenvalue weighted by molar-refractivity contribution is 14.1. The lowest BCUT2D eigenvalue weighted by molar-refractivity contribution is 0.0696. The van der Waals surface area contributed by atoms with Crippen LogP contribution >= 0.6 is 22.6 Å². The van der Waals surface area contributed by atoms with Gasteiger partial charge in [-0.05, 0) is 52.9 Å². The molecule has 2 rings (SSSR count). The highest BCUT2D eigenvalue weighted by Gasteiger charge is 2.09. The summed E-state index contributed by atoms with van der Waals surface area (Å²) in [6.07, 6.45) is 1.43. The summed E-state index contributed by atoms with van der Waals surface area (Å²) >= 11 is 2.05. The Kier molecular flexibility index (Phi) is 4.33. The molecule has 6 heteroatoms. The molecule has 102 valence electrons. The van der Waals surface area contributed by atoms with Crippen molar-refractivity contribution in [2.45, 2.75) is 6.92 Å². The van der Waals surface area contributed by atoms with Gasteiger partial charge in [-0.3, -0.25) is 4.79 Å². The van der Waals surface area contributed by atoms with E-state index in [0.717, 1.165) is 3.57 Å². The summed E-state index contributed by atoms with van der Waals surface area (Å²) in [5.41, 5.74) is 0.500. The van der Waals surface area contributed by atoms with Crippen molar-refractivity contribution in [3.63, 3.8) is 0 Å². The van der Waals surface area contributed by atoms with E-state index in [1.165, 1.54) is 25.3 Å². The maximum atomic E-state index is 11.1. The van der Waals surface area contributed by atoms with E-state index in [9.17, 15) is 9.59 Å². The zero-order valence-electron chi connectivity index (χ0n) is 10.5.